The molecule has 1 atom stereocenters. The number of hydrogen-bond acceptors (Lipinski definition) is 8. The summed E-state index contributed by atoms with van der Waals surface area (Å²) >= 11 is 1.26. The fourth-order valence-electron chi connectivity index (χ4n) is 3.99. The lowest BCUT2D eigenvalue weighted by Gasteiger charge is -2.24. The Morgan fingerprint density at radius 3 is 2.46 bits per heavy atom. The van der Waals surface area contributed by atoms with Crippen LogP contribution in [0, 0.1) is 0 Å². The Balaban J connectivity index is 1.90. The standard InChI is InChI=1S/C26H26N2O6S/c1-6-34-19-12-7-16(13-20(19)32-4)14-21-24(29)28-23(17-8-10-18(31-3)11-9-17)22(25(30)33-5)15(2)27-26(28)35-21/h7-14,23H,6H2,1-5H3/b21-14+/t23-/m0/s1. The lowest BCUT2D eigenvalue weighted by molar-refractivity contribution is -0.136. The van der Waals surface area contributed by atoms with Gasteiger partial charge in [0.2, 0.25) is 0 Å². The van der Waals surface area contributed by atoms with Crippen molar-refractivity contribution in [2.45, 2.75) is 19.9 Å². The number of allylic oxidation sites excluding steroid dienone is 1. The minimum atomic E-state index is -0.679. The highest BCUT2D eigenvalue weighted by Gasteiger charge is 2.33. The molecule has 4 rings (SSSR count). The van der Waals surface area contributed by atoms with Gasteiger partial charge >= 0.3 is 5.97 Å². The molecule has 0 spiro atoms. The average molecular weight is 495 g/mol. The van der Waals surface area contributed by atoms with Gasteiger partial charge in [-0.3, -0.25) is 9.36 Å². The zero-order valence-electron chi connectivity index (χ0n) is 20.2. The van der Waals surface area contributed by atoms with Crippen LogP contribution in [0.5, 0.6) is 17.2 Å². The van der Waals surface area contributed by atoms with Crippen LogP contribution in [-0.4, -0.2) is 38.5 Å². The number of esters is 1. The molecule has 2 heterocycles. The molecule has 1 aromatic heterocycles. The fraction of sp³-hybridized carbons (Fsp3) is 0.269. The number of carbonyl (C=O) groups is 1. The highest BCUT2D eigenvalue weighted by Crippen LogP contribution is 2.32. The number of aromatic nitrogens is 1. The van der Waals surface area contributed by atoms with Crippen molar-refractivity contribution in [1.82, 2.24) is 4.57 Å². The zero-order chi connectivity index (χ0) is 25.1. The predicted molar refractivity (Wildman–Crippen MR) is 133 cm³/mol. The quantitative estimate of drug-likeness (QED) is 0.470. The van der Waals surface area contributed by atoms with Gasteiger partial charge in [0.25, 0.3) is 5.56 Å². The van der Waals surface area contributed by atoms with E-state index in [-0.39, 0.29) is 5.56 Å². The third kappa shape index (κ3) is 4.59. The molecule has 35 heavy (non-hydrogen) atoms. The molecule has 0 fully saturated rings. The van der Waals surface area contributed by atoms with Gasteiger partial charge in [0.1, 0.15) is 5.75 Å². The van der Waals surface area contributed by atoms with Crippen LogP contribution in [0.15, 0.2) is 63.5 Å². The second-order valence-corrected chi connectivity index (χ2v) is 8.70. The van der Waals surface area contributed by atoms with E-state index in [9.17, 15) is 9.59 Å². The number of rotatable bonds is 7. The van der Waals surface area contributed by atoms with Gasteiger partial charge in [-0.2, -0.15) is 0 Å². The van der Waals surface area contributed by atoms with Crippen molar-refractivity contribution < 1.29 is 23.7 Å². The lowest BCUT2D eigenvalue weighted by Crippen LogP contribution is -2.39. The van der Waals surface area contributed by atoms with Gasteiger partial charge in [-0.15, -0.1) is 0 Å². The molecule has 8 nitrogen and oxygen atoms in total. The van der Waals surface area contributed by atoms with Crippen LogP contribution < -0.4 is 29.1 Å². The molecular weight excluding hydrogens is 468 g/mol. The van der Waals surface area contributed by atoms with E-state index >= 15 is 0 Å². The van der Waals surface area contributed by atoms with E-state index in [1.807, 2.05) is 37.3 Å². The number of methoxy groups -OCH3 is 3. The number of ether oxygens (including phenoxy) is 4. The third-order valence-corrected chi connectivity index (χ3v) is 6.63. The zero-order valence-corrected chi connectivity index (χ0v) is 21.0. The summed E-state index contributed by atoms with van der Waals surface area (Å²) in [4.78, 5) is 31.5. The molecule has 0 unspecified atom stereocenters. The molecule has 1 aliphatic rings. The Kier molecular flexibility index (Phi) is 7.07. The molecule has 1 aliphatic heterocycles. The maximum atomic E-state index is 13.6. The Bertz CT molecular complexity index is 1470. The van der Waals surface area contributed by atoms with Gasteiger partial charge in [0.05, 0.1) is 49.8 Å². The van der Waals surface area contributed by atoms with E-state index in [4.69, 9.17) is 18.9 Å². The van der Waals surface area contributed by atoms with Crippen molar-refractivity contribution in [2.24, 2.45) is 4.99 Å². The number of nitrogens with zero attached hydrogens (tertiary/aromatic N) is 2. The molecule has 9 heteroatoms. The van der Waals surface area contributed by atoms with Gasteiger partial charge in [0.15, 0.2) is 16.3 Å². The van der Waals surface area contributed by atoms with Crippen molar-refractivity contribution in [3.63, 3.8) is 0 Å². The van der Waals surface area contributed by atoms with Gasteiger partial charge < -0.3 is 18.9 Å². The summed E-state index contributed by atoms with van der Waals surface area (Å²) in [6, 6.07) is 12.1. The minimum Gasteiger partial charge on any atom is -0.497 e. The summed E-state index contributed by atoms with van der Waals surface area (Å²) < 4.78 is 23.4. The van der Waals surface area contributed by atoms with Crippen molar-refractivity contribution in [3.8, 4) is 17.2 Å². The van der Waals surface area contributed by atoms with Gasteiger partial charge in [0, 0.05) is 0 Å². The summed E-state index contributed by atoms with van der Waals surface area (Å²) in [6.45, 7) is 4.16. The van der Waals surface area contributed by atoms with E-state index in [1.165, 1.54) is 18.4 Å². The smallest absolute Gasteiger partial charge is 0.338 e. The lowest BCUT2D eigenvalue weighted by atomic mass is 9.96. The Hall–Kier alpha value is -3.85. The minimum absolute atomic E-state index is 0.253. The molecule has 0 amide bonds. The molecule has 0 saturated heterocycles. The van der Waals surface area contributed by atoms with Gasteiger partial charge in [-0.1, -0.05) is 29.5 Å². The fourth-order valence-corrected chi connectivity index (χ4v) is 5.04. The van der Waals surface area contributed by atoms with Gasteiger partial charge in [-0.25, -0.2) is 9.79 Å². The first-order valence-electron chi connectivity index (χ1n) is 11.0. The molecule has 0 aliphatic carbocycles. The summed E-state index contributed by atoms with van der Waals surface area (Å²) in [5.74, 6) is 1.35. The van der Waals surface area contributed by atoms with E-state index in [0.29, 0.717) is 44.5 Å². The number of fused-ring (bicyclic) bond motifs is 1. The second-order valence-electron chi connectivity index (χ2n) is 7.69. The first-order chi connectivity index (χ1) is 16.9. The largest absolute Gasteiger partial charge is 0.497 e. The number of benzene rings is 2. The topological polar surface area (TPSA) is 88.4 Å². The Morgan fingerprint density at radius 2 is 1.83 bits per heavy atom. The van der Waals surface area contributed by atoms with Crippen molar-refractivity contribution >= 4 is 23.4 Å². The van der Waals surface area contributed by atoms with Crippen LogP contribution in [0.25, 0.3) is 6.08 Å². The maximum Gasteiger partial charge on any atom is 0.338 e. The normalized spacial score (nSPS) is 15.3. The summed E-state index contributed by atoms with van der Waals surface area (Å²) in [5.41, 5.74) is 2.10. The number of hydrogen-bond donors (Lipinski definition) is 0. The van der Waals surface area contributed by atoms with E-state index in [2.05, 4.69) is 4.99 Å². The van der Waals surface area contributed by atoms with Crippen molar-refractivity contribution in [1.29, 1.82) is 0 Å². The van der Waals surface area contributed by atoms with E-state index in [1.54, 1.807) is 43.9 Å². The molecule has 0 N–H and O–H groups in total. The first-order valence-corrected chi connectivity index (χ1v) is 11.8. The van der Waals surface area contributed by atoms with E-state index < -0.39 is 12.0 Å². The van der Waals surface area contributed by atoms with Crippen LogP contribution in [0.4, 0.5) is 0 Å². The van der Waals surface area contributed by atoms with Gasteiger partial charge in [-0.05, 0) is 55.3 Å². The highest BCUT2D eigenvalue weighted by molar-refractivity contribution is 7.07. The average Bonchev–Trinajstić information content (AvgIpc) is 3.17. The molecule has 182 valence electrons. The Labute approximate surface area is 206 Å². The summed E-state index contributed by atoms with van der Waals surface area (Å²) in [7, 11) is 4.47. The SMILES string of the molecule is CCOc1ccc(/C=c2/sc3n(c2=O)[C@@H](c2ccc(OC)cc2)C(C(=O)OC)=C(C)N=3)cc1OC. The first kappa shape index (κ1) is 24.3. The predicted octanol–water partition coefficient (Wildman–Crippen LogP) is 2.82. The molecule has 2 aromatic carbocycles. The van der Waals surface area contributed by atoms with Crippen LogP contribution in [0.2, 0.25) is 0 Å². The van der Waals surface area contributed by atoms with Crippen LogP contribution in [0.3, 0.4) is 0 Å². The van der Waals surface area contributed by atoms with Crippen LogP contribution in [-0.2, 0) is 9.53 Å². The van der Waals surface area contributed by atoms with Crippen LogP contribution >= 0.6 is 11.3 Å². The molecular formula is C26H26N2O6S. The van der Waals surface area contributed by atoms with E-state index in [0.717, 1.165) is 11.1 Å². The molecule has 0 bridgehead atoms. The maximum absolute atomic E-state index is 13.6. The Morgan fingerprint density at radius 1 is 1.09 bits per heavy atom. The number of thiazole rings is 1. The number of carbonyl (C=O) groups excluding carboxylic acids is 1. The molecule has 0 saturated carbocycles. The van der Waals surface area contributed by atoms with Crippen molar-refractivity contribution in [2.75, 3.05) is 27.9 Å². The molecule has 0 radical (unpaired) electrons. The molecule has 3 aromatic rings. The third-order valence-electron chi connectivity index (χ3n) is 5.64. The van der Waals surface area contributed by atoms with Crippen LogP contribution in [0.1, 0.15) is 31.0 Å². The highest BCUT2D eigenvalue weighted by atomic mass is 32.1. The van der Waals surface area contributed by atoms with Crippen molar-refractivity contribution in [3.05, 3.63) is 84.5 Å². The summed E-state index contributed by atoms with van der Waals surface area (Å²) in [6.07, 6.45) is 1.78. The monoisotopic (exact) mass is 494 g/mol. The summed E-state index contributed by atoms with van der Waals surface area (Å²) in [5, 5.41) is 0. The second kappa shape index (κ2) is 10.2.